The van der Waals surface area contributed by atoms with Crippen LogP contribution in [0.1, 0.15) is 53.9 Å². The van der Waals surface area contributed by atoms with E-state index in [1.165, 1.54) is 5.56 Å². The Labute approximate surface area is 195 Å². The zero-order chi connectivity index (χ0) is 24.0. The van der Waals surface area contributed by atoms with Gasteiger partial charge in [-0.1, -0.05) is 0 Å². The van der Waals surface area contributed by atoms with E-state index in [0.29, 0.717) is 30.4 Å². The molecule has 0 unspecified atom stereocenters. The zero-order valence-corrected chi connectivity index (χ0v) is 19.1. The molecular formula is C25H27F3N4O2. The van der Waals surface area contributed by atoms with Crippen molar-refractivity contribution in [1.82, 2.24) is 9.97 Å². The fraction of sp³-hybridized carbons (Fsp3) is 0.440. The van der Waals surface area contributed by atoms with E-state index in [0.717, 1.165) is 60.0 Å². The number of hydrogen-bond donors (Lipinski definition) is 2. The third-order valence-electron chi connectivity index (χ3n) is 6.47. The van der Waals surface area contributed by atoms with Gasteiger partial charge in [0, 0.05) is 17.5 Å². The van der Waals surface area contributed by atoms with Crippen molar-refractivity contribution in [3.8, 4) is 5.75 Å². The van der Waals surface area contributed by atoms with Crippen LogP contribution in [-0.4, -0.2) is 29.3 Å². The van der Waals surface area contributed by atoms with Crippen molar-refractivity contribution >= 4 is 22.4 Å². The number of nitrogens with two attached hydrogens (primary N) is 1. The van der Waals surface area contributed by atoms with Gasteiger partial charge in [-0.15, -0.1) is 0 Å². The average molecular weight is 473 g/mol. The van der Waals surface area contributed by atoms with Gasteiger partial charge in [0.15, 0.2) is 0 Å². The second-order valence-corrected chi connectivity index (χ2v) is 9.06. The first-order valence-corrected chi connectivity index (χ1v) is 11.5. The van der Waals surface area contributed by atoms with Crippen molar-refractivity contribution in [2.75, 3.05) is 24.3 Å². The number of fused-ring (bicyclic) bond motifs is 3. The topological polar surface area (TPSA) is 82.3 Å². The molecule has 5 rings (SSSR count). The Morgan fingerprint density at radius 1 is 1.15 bits per heavy atom. The van der Waals surface area contributed by atoms with Crippen LogP contribution in [0.25, 0.3) is 10.9 Å². The van der Waals surface area contributed by atoms with E-state index in [-0.39, 0.29) is 11.8 Å². The van der Waals surface area contributed by atoms with Gasteiger partial charge in [-0.2, -0.15) is 13.2 Å². The quantitative estimate of drug-likeness (QED) is 0.486. The minimum absolute atomic E-state index is 0.0110. The lowest BCUT2D eigenvalue weighted by Crippen LogP contribution is -2.17. The monoisotopic (exact) mass is 472 g/mol. The Kier molecular flexibility index (Phi) is 5.75. The molecule has 1 aliphatic carbocycles. The summed E-state index contributed by atoms with van der Waals surface area (Å²) in [5, 5.41) is 4.10. The molecule has 1 aliphatic heterocycles. The molecule has 2 aliphatic rings. The molecule has 3 aromatic rings. The maximum Gasteiger partial charge on any atom is 0.416 e. The predicted molar refractivity (Wildman–Crippen MR) is 124 cm³/mol. The summed E-state index contributed by atoms with van der Waals surface area (Å²) in [4.78, 5) is 9.32. The van der Waals surface area contributed by atoms with Gasteiger partial charge in [0.05, 0.1) is 30.3 Å². The van der Waals surface area contributed by atoms with Crippen molar-refractivity contribution in [2.24, 2.45) is 0 Å². The third kappa shape index (κ3) is 4.36. The second-order valence-electron chi connectivity index (χ2n) is 9.06. The number of benzene rings is 2. The van der Waals surface area contributed by atoms with Gasteiger partial charge in [-0.25, -0.2) is 9.97 Å². The largest absolute Gasteiger partial charge is 0.488 e. The number of nitrogens with zero attached hydrogens (tertiary/aromatic N) is 2. The molecule has 1 fully saturated rings. The lowest BCUT2D eigenvalue weighted by molar-refractivity contribution is -0.137. The molecule has 1 aromatic heterocycles. The molecule has 2 heterocycles. The fourth-order valence-corrected chi connectivity index (χ4v) is 4.82. The van der Waals surface area contributed by atoms with E-state index >= 15 is 0 Å². The van der Waals surface area contributed by atoms with Gasteiger partial charge in [0.25, 0.3) is 0 Å². The molecule has 0 bridgehead atoms. The summed E-state index contributed by atoms with van der Waals surface area (Å²) >= 11 is 0. The SMILES string of the molecule is Cc1nc(N[C@H](C)c2cc(N)cc(C(F)(F)F)c2)c2cc(O[C@H]3CCOC3)c3c(c2n1)CCC3. The molecule has 0 radical (unpaired) electrons. The number of alkyl halides is 3. The number of aromatic nitrogens is 2. The summed E-state index contributed by atoms with van der Waals surface area (Å²) in [6.45, 7) is 4.86. The van der Waals surface area contributed by atoms with Crippen LogP contribution in [0.5, 0.6) is 5.75 Å². The van der Waals surface area contributed by atoms with Crippen LogP contribution >= 0.6 is 0 Å². The van der Waals surface area contributed by atoms with Gasteiger partial charge in [-0.05, 0) is 74.1 Å². The van der Waals surface area contributed by atoms with Gasteiger partial charge in [0.2, 0.25) is 0 Å². The molecule has 0 spiro atoms. The number of aryl methyl sites for hydroxylation is 2. The number of anilines is 2. The Bertz CT molecular complexity index is 1240. The highest BCUT2D eigenvalue weighted by Crippen LogP contribution is 2.40. The first-order valence-electron chi connectivity index (χ1n) is 11.5. The number of nitrogen functional groups attached to an aromatic ring is 1. The van der Waals surface area contributed by atoms with E-state index in [2.05, 4.69) is 10.3 Å². The Balaban J connectivity index is 1.55. The van der Waals surface area contributed by atoms with Crippen molar-refractivity contribution < 1.29 is 22.6 Å². The highest BCUT2D eigenvalue weighted by molar-refractivity contribution is 5.94. The number of nitrogens with one attached hydrogen (secondary N) is 1. The van der Waals surface area contributed by atoms with Crippen LogP contribution < -0.4 is 15.8 Å². The normalized spacial score (nSPS) is 18.8. The summed E-state index contributed by atoms with van der Waals surface area (Å²) in [5.74, 6) is 1.98. The number of hydrogen-bond acceptors (Lipinski definition) is 6. The minimum atomic E-state index is -4.47. The summed E-state index contributed by atoms with van der Waals surface area (Å²) in [5.41, 5.74) is 8.72. The first-order chi connectivity index (χ1) is 16.2. The number of ether oxygens (including phenoxy) is 2. The smallest absolute Gasteiger partial charge is 0.416 e. The van der Waals surface area contributed by atoms with Crippen LogP contribution in [0.2, 0.25) is 0 Å². The lowest BCUT2D eigenvalue weighted by Gasteiger charge is -2.21. The lowest BCUT2D eigenvalue weighted by atomic mass is 10.0. The standard InChI is InChI=1S/C25H27F3N4O2/c1-13(15-8-16(25(26,27)28)10-17(29)9-15)30-24-21-11-22(34-18-6-7-33-12-18)19-4-3-5-20(19)23(21)31-14(2)32-24/h8-11,13,18H,3-7,12,29H2,1-2H3,(H,30,31,32)/t13-,18+/m1/s1. The molecule has 0 saturated carbocycles. The summed E-state index contributed by atoms with van der Waals surface area (Å²) in [6.07, 6.45) is -0.760. The van der Waals surface area contributed by atoms with Crippen molar-refractivity contribution in [2.45, 2.75) is 57.9 Å². The molecule has 3 N–H and O–H groups in total. The molecule has 1 saturated heterocycles. The Hall–Kier alpha value is -3.07. The fourth-order valence-electron chi connectivity index (χ4n) is 4.82. The van der Waals surface area contributed by atoms with E-state index in [9.17, 15) is 13.2 Å². The maximum atomic E-state index is 13.3. The van der Waals surface area contributed by atoms with Gasteiger partial charge in [0.1, 0.15) is 23.5 Å². The highest BCUT2D eigenvalue weighted by Gasteiger charge is 2.32. The summed E-state index contributed by atoms with van der Waals surface area (Å²) in [7, 11) is 0. The molecule has 6 nitrogen and oxygen atoms in total. The van der Waals surface area contributed by atoms with Crippen LogP contribution in [0.4, 0.5) is 24.7 Å². The van der Waals surface area contributed by atoms with Gasteiger partial charge >= 0.3 is 6.18 Å². The van der Waals surface area contributed by atoms with Crippen LogP contribution in [-0.2, 0) is 23.8 Å². The number of halogens is 3. The Morgan fingerprint density at radius 2 is 1.94 bits per heavy atom. The summed E-state index contributed by atoms with van der Waals surface area (Å²) < 4.78 is 51.7. The van der Waals surface area contributed by atoms with E-state index < -0.39 is 17.8 Å². The highest BCUT2D eigenvalue weighted by atomic mass is 19.4. The maximum absolute atomic E-state index is 13.3. The van der Waals surface area contributed by atoms with Crippen LogP contribution in [0.15, 0.2) is 24.3 Å². The zero-order valence-electron chi connectivity index (χ0n) is 19.1. The van der Waals surface area contributed by atoms with Crippen molar-refractivity contribution in [3.05, 3.63) is 52.3 Å². The van der Waals surface area contributed by atoms with Gasteiger partial charge < -0.3 is 20.5 Å². The summed E-state index contributed by atoms with van der Waals surface area (Å²) in [6, 6.07) is 5.11. The molecule has 34 heavy (non-hydrogen) atoms. The van der Waals surface area contributed by atoms with Gasteiger partial charge in [-0.3, -0.25) is 0 Å². The van der Waals surface area contributed by atoms with E-state index in [4.69, 9.17) is 20.2 Å². The van der Waals surface area contributed by atoms with Crippen molar-refractivity contribution in [3.63, 3.8) is 0 Å². The first kappa shape index (κ1) is 22.7. The minimum Gasteiger partial charge on any atom is -0.488 e. The van der Waals surface area contributed by atoms with Crippen LogP contribution in [0, 0.1) is 6.92 Å². The number of rotatable bonds is 5. The second kappa shape index (κ2) is 8.61. The molecule has 180 valence electrons. The molecule has 2 aromatic carbocycles. The average Bonchev–Trinajstić information content (AvgIpc) is 3.45. The van der Waals surface area contributed by atoms with E-state index in [1.807, 2.05) is 13.0 Å². The molecule has 9 heteroatoms. The molecule has 2 atom stereocenters. The molecule has 0 amide bonds. The Morgan fingerprint density at radius 3 is 2.68 bits per heavy atom. The predicted octanol–water partition coefficient (Wildman–Crippen LogP) is 5.37. The molecular weight excluding hydrogens is 445 g/mol. The van der Waals surface area contributed by atoms with Crippen LogP contribution in [0.3, 0.4) is 0 Å². The van der Waals surface area contributed by atoms with E-state index in [1.54, 1.807) is 13.0 Å². The van der Waals surface area contributed by atoms with Crippen molar-refractivity contribution in [1.29, 1.82) is 0 Å². The third-order valence-corrected chi connectivity index (χ3v) is 6.47.